The van der Waals surface area contributed by atoms with Crippen LogP contribution in [0.5, 0.6) is 0 Å². The summed E-state index contributed by atoms with van der Waals surface area (Å²) in [5.74, 6) is -0.0163. The summed E-state index contributed by atoms with van der Waals surface area (Å²) in [5.41, 5.74) is 0.636. The van der Waals surface area contributed by atoms with Crippen LogP contribution in [0.25, 0.3) is 21.7 Å². The largest absolute Gasteiger partial charge is 0.303 e. The van der Waals surface area contributed by atoms with E-state index in [9.17, 15) is 9.59 Å². The quantitative estimate of drug-likeness (QED) is 0.527. The van der Waals surface area contributed by atoms with Crippen LogP contribution in [-0.2, 0) is 0 Å². The van der Waals surface area contributed by atoms with Crippen molar-refractivity contribution in [1.29, 1.82) is 0 Å². The predicted octanol–water partition coefficient (Wildman–Crippen LogP) is 2.05. The van der Waals surface area contributed by atoms with E-state index in [4.69, 9.17) is 0 Å². The number of nitrogens with zero attached hydrogens (tertiary/aromatic N) is 2. The van der Waals surface area contributed by atoms with E-state index in [1.807, 2.05) is 24.3 Å². The van der Waals surface area contributed by atoms with Gasteiger partial charge >= 0.3 is 0 Å². The van der Waals surface area contributed by atoms with Gasteiger partial charge in [0.15, 0.2) is 11.5 Å². The van der Waals surface area contributed by atoms with Crippen molar-refractivity contribution in [3.63, 3.8) is 0 Å². The monoisotopic (exact) mass is 305 g/mol. The molecule has 0 aliphatic rings. The molecule has 0 aliphatic heterocycles. The second-order valence-electron chi connectivity index (χ2n) is 5.02. The van der Waals surface area contributed by atoms with Crippen molar-refractivity contribution < 1.29 is 4.79 Å². The van der Waals surface area contributed by atoms with Crippen LogP contribution in [0.2, 0.25) is 0 Å². The van der Waals surface area contributed by atoms with E-state index >= 15 is 0 Å². The molecule has 1 amide bonds. The molecule has 0 fully saturated rings. The first kappa shape index (κ1) is 13.2. The smallest absolute Gasteiger partial charge is 0.277 e. The van der Waals surface area contributed by atoms with Gasteiger partial charge in [-0.25, -0.2) is 5.10 Å². The number of hydrogen-bond acceptors (Lipinski definition) is 4. The predicted molar refractivity (Wildman–Crippen MR) is 86.4 cm³/mol. The molecule has 0 saturated carbocycles. The number of hydrogen-bond donors (Lipinski definition) is 3. The van der Waals surface area contributed by atoms with Crippen LogP contribution in [0.1, 0.15) is 10.5 Å². The minimum atomic E-state index is -0.435. The van der Waals surface area contributed by atoms with Crippen molar-refractivity contribution >= 4 is 33.4 Å². The number of aromatic amines is 2. The Morgan fingerprint density at radius 3 is 2.39 bits per heavy atom. The van der Waals surface area contributed by atoms with Crippen LogP contribution in [-0.4, -0.2) is 26.3 Å². The number of benzene rings is 2. The lowest BCUT2D eigenvalue weighted by Crippen LogP contribution is -2.19. The summed E-state index contributed by atoms with van der Waals surface area (Å²) in [7, 11) is 0. The number of rotatable bonds is 2. The van der Waals surface area contributed by atoms with Crippen molar-refractivity contribution in [1.82, 2.24) is 20.4 Å². The molecule has 23 heavy (non-hydrogen) atoms. The van der Waals surface area contributed by atoms with Gasteiger partial charge in [-0.05, 0) is 18.2 Å². The number of nitrogens with one attached hydrogen (secondary N) is 3. The van der Waals surface area contributed by atoms with Crippen LogP contribution in [0, 0.1) is 0 Å². The zero-order chi connectivity index (χ0) is 15.8. The summed E-state index contributed by atoms with van der Waals surface area (Å²) in [6.07, 6.45) is 0. The number of aromatic nitrogens is 4. The second kappa shape index (κ2) is 5.06. The van der Waals surface area contributed by atoms with E-state index in [0.717, 1.165) is 10.9 Å². The van der Waals surface area contributed by atoms with Gasteiger partial charge < -0.3 is 5.32 Å². The molecule has 0 radical (unpaired) electrons. The maximum Gasteiger partial charge on any atom is 0.277 e. The number of para-hydroxylation sites is 1. The number of H-pyrrole nitrogens is 2. The van der Waals surface area contributed by atoms with Gasteiger partial charge in [-0.1, -0.05) is 30.3 Å². The molecule has 4 rings (SSSR count). The normalized spacial score (nSPS) is 11.0. The van der Waals surface area contributed by atoms with E-state index < -0.39 is 5.91 Å². The molecular weight excluding hydrogens is 294 g/mol. The number of anilines is 1. The fourth-order valence-electron chi connectivity index (χ4n) is 2.51. The van der Waals surface area contributed by atoms with E-state index in [0.29, 0.717) is 16.6 Å². The van der Waals surface area contributed by atoms with Crippen LogP contribution in [0.15, 0.2) is 53.3 Å². The fourth-order valence-corrected chi connectivity index (χ4v) is 2.51. The molecule has 4 aromatic rings. The molecule has 0 atom stereocenters. The third-order valence-corrected chi connectivity index (χ3v) is 3.61. The highest BCUT2D eigenvalue weighted by atomic mass is 16.2. The first-order chi connectivity index (χ1) is 11.2. The lowest BCUT2D eigenvalue weighted by atomic mass is 10.1. The minimum Gasteiger partial charge on any atom is -0.303 e. The van der Waals surface area contributed by atoms with E-state index in [2.05, 4.69) is 25.7 Å². The Balaban J connectivity index is 1.78. The molecule has 2 aromatic heterocycles. The van der Waals surface area contributed by atoms with Gasteiger partial charge in [0, 0.05) is 10.8 Å². The molecule has 2 aromatic carbocycles. The molecule has 0 spiro atoms. The molecule has 3 N–H and O–H groups in total. The number of amides is 1. The topological polar surface area (TPSA) is 104 Å². The van der Waals surface area contributed by atoms with Crippen molar-refractivity contribution in [2.75, 3.05) is 5.32 Å². The summed E-state index contributed by atoms with van der Waals surface area (Å²) in [6.45, 7) is 0. The number of carbonyl (C=O) groups excluding carboxylic acids is 1. The Morgan fingerprint density at radius 1 is 0.870 bits per heavy atom. The maximum absolute atomic E-state index is 12.5. The van der Waals surface area contributed by atoms with Gasteiger partial charge in [0.1, 0.15) is 0 Å². The number of carbonyl (C=O) groups is 1. The van der Waals surface area contributed by atoms with E-state index in [1.54, 1.807) is 24.3 Å². The van der Waals surface area contributed by atoms with Gasteiger partial charge in [0.25, 0.3) is 11.5 Å². The molecule has 112 valence electrons. The maximum atomic E-state index is 12.5. The summed E-state index contributed by atoms with van der Waals surface area (Å²) in [5, 5.41) is 17.6. The average Bonchev–Trinajstić information content (AvgIpc) is 2.98. The van der Waals surface area contributed by atoms with Gasteiger partial charge in [0.2, 0.25) is 0 Å². The molecular formula is C16H11N5O2. The summed E-state index contributed by atoms with van der Waals surface area (Å²) in [4.78, 5) is 24.3. The SMILES string of the molecule is O=C(Nc1n[nH]c2ccccc12)c1n[nH]c(=O)c2ccccc12. The minimum absolute atomic E-state index is 0.146. The fraction of sp³-hybridized carbons (Fsp3) is 0. The summed E-state index contributed by atoms with van der Waals surface area (Å²) in [6, 6.07) is 14.3. The van der Waals surface area contributed by atoms with Crippen molar-refractivity contribution in [2.24, 2.45) is 0 Å². The zero-order valence-corrected chi connectivity index (χ0v) is 11.8. The average molecular weight is 305 g/mol. The van der Waals surface area contributed by atoms with Gasteiger partial charge in [0.05, 0.1) is 10.9 Å². The highest BCUT2D eigenvalue weighted by molar-refractivity contribution is 6.12. The van der Waals surface area contributed by atoms with Gasteiger partial charge in [-0.3, -0.25) is 14.7 Å². The van der Waals surface area contributed by atoms with Crippen LogP contribution in [0.3, 0.4) is 0 Å². The molecule has 2 heterocycles. The standard InChI is InChI=1S/C16H11N5O2/c22-15-10-6-2-1-5-9(10)13(19-21-15)16(23)17-14-11-7-3-4-8-12(11)18-20-14/h1-8H,(H,21,22)(H2,17,18,20,23). The van der Waals surface area contributed by atoms with Gasteiger partial charge in [-0.15, -0.1) is 0 Å². The highest BCUT2D eigenvalue weighted by Crippen LogP contribution is 2.21. The molecule has 0 saturated heterocycles. The van der Waals surface area contributed by atoms with Crippen molar-refractivity contribution in [2.45, 2.75) is 0 Å². The lowest BCUT2D eigenvalue weighted by Gasteiger charge is -2.05. The molecule has 7 heteroatoms. The molecule has 7 nitrogen and oxygen atoms in total. The third-order valence-electron chi connectivity index (χ3n) is 3.61. The Bertz CT molecular complexity index is 1100. The van der Waals surface area contributed by atoms with E-state index in [1.165, 1.54) is 0 Å². The molecule has 0 unspecified atom stereocenters. The van der Waals surface area contributed by atoms with Crippen LogP contribution < -0.4 is 10.9 Å². The Kier molecular flexibility index (Phi) is 2.90. The summed E-state index contributed by atoms with van der Waals surface area (Å²) >= 11 is 0. The third kappa shape index (κ3) is 2.15. The van der Waals surface area contributed by atoms with Crippen LogP contribution >= 0.6 is 0 Å². The lowest BCUT2D eigenvalue weighted by molar-refractivity contribution is 0.102. The Hall–Kier alpha value is -3.48. The van der Waals surface area contributed by atoms with Crippen molar-refractivity contribution in [3.8, 4) is 0 Å². The second-order valence-corrected chi connectivity index (χ2v) is 5.02. The highest BCUT2D eigenvalue weighted by Gasteiger charge is 2.16. The van der Waals surface area contributed by atoms with E-state index in [-0.39, 0.29) is 11.3 Å². The van der Waals surface area contributed by atoms with Crippen molar-refractivity contribution in [3.05, 3.63) is 64.6 Å². The van der Waals surface area contributed by atoms with Crippen LogP contribution in [0.4, 0.5) is 5.82 Å². The Labute approximate surface area is 129 Å². The van der Waals surface area contributed by atoms with Gasteiger partial charge in [-0.2, -0.15) is 10.2 Å². The first-order valence-electron chi connectivity index (χ1n) is 6.96. The molecule has 0 aliphatic carbocycles. The number of fused-ring (bicyclic) bond motifs is 2. The Morgan fingerprint density at radius 2 is 1.57 bits per heavy atom. The first-order valence-corrected chi connectivity index (χ1v) is 6.96. The molecule has 0 bridgehead atoms. The zero-order valence-electron chi connectivity index (χ0n) is 11.8. The summed E-state index contributed by atoms with van der Waals surface area (Å²) < 4.78 is 0.